The number of hydrogen-bond acceptors (Lipinski definition) is 0. The first-order valence-electron chi connectivity index (χ1n) is 12.9. The van der Waals surface area contributed by atoms with Crippen LogP contribution in [0.3, 0.4) is 0 Å². The predicted molar refractivity (Wildman–Crippen MR) is 152 cm³/mol. The average molecular weight is 455 g/mol. The maximum absolute atomic E-state index is 2.36. The van der Waals surface area contributed by atoms with Crippen molar-refractivity contribution in [2.45, 2.75) is 92.9 Å². The molecule has 0 aliphatic heterocycles. The molecule has 0 heteroatoms. The molecule has 0 saturated heterocycles. The Balaban J connectivity index is 1.83. The summed E-state index contributed by atoms with van der Waals surface area (Å²) in [5.74, 6) is 0. The molecule has 3 aromatic rings. The second-order valence-electron chi connectivity index (χ2n) is 14.0. The van der Waals surface area contributed by atoms with E-state index < -0.39 is 0 Å². The van der Waals surface area contributed by atoms with Crippen molar-refractivity contribution in [3.8, 4) is 22.3 Å². The van der Waals surface area contributed by atoms with Gasteiger partial charge in [0, 0.05) is 0 Å². The highest BCUT2D eigenvalue weighted by Crippen LogP contribution is 2.38. The second-order valence-corrected chi connectivity index (χ2v) is 14.0. The van der Waals surface area contributed by atoms with Gasteiger partial charge in [0.15, 0.2) is 0 Å². The van der Waals surface area contributed by atoms with E-state index in [9.17, 15) is 0 Å². The van der Waals surface area contributed by atoms with E-state index in [-0.39, 0.29) is 10.8 Å². The summed E-state index contributed by atoms with van der Waals surface area (Å²) in [4.78, 5) is 0. The molecule has 3 rings (SSSR count). The molecule has 0 radical (unpaired) electrons. The minimum Gasteiger partial charge on any atom is -0.0610 e. The summed E-state index contributed by atoms with van der Waals surface area (Å²) in [7, 11) is 0. The van der Waals surface area contributed by atoms with Crippen LogP contribution in [0.15, 0.2) is 72.8 Å². The molecule has 0 nitrogen and oxygen atoms in total. The first kappa shape index (κ1) is 26.3. The van der Waals surface area contributed by atoms with E-state index >= 15 is 0 Å². The largest absolute Gasteiger partial charge is 0.0610 e. The Bertz CT molecular complexity index is 992. The fourth-order valence-electron chi connectivity index (χ4n) is 5.96. The van der Waals surface area contributed by atoms with Gasteiger partial charge >= 0.3 is 0 Å². The van der Waals surface area contributed by atoms with E-state index in [1.54, 1.807) is 0 Å². The second kappa shape index (κ2) is 9.37. The highest BCUT2D eigenvalue weighted by atomic mass is 14.3. The molecule has 3 aromatic carbocycles. The van der Waals surface area contributed by atoms with Gasteiger partial charge in [0.2, 0.25) is 0 Å². The third-order valence-electron chi connectivity index (χ3n) is 6.81. The van der Waals surface area contributed by atoms with E-state index in [1.807, 2.05) is 0 Å². The minimum absolute atomic E-state index is 0.168. The Labute approximate surface area is 209 Å². The van der Waals surface area contributed by atoms with Gasteiger partial charge in [-0.25, -0.2) is 0 Å². The molecule has 0 fully saturated rings. The SMILES string of the molecule is CC(C)(C)CC(C)(C)c1ccc(-c2cccc(-c3ccc(C(C)(C)CC(C)(C)C)cc3)c2)cc1. The highest BCUT2D eigenvalue weighted by Gasteiger charge is 2.28. The first-order chi connectivity index (χ1) is 15.6. The topological polar surface area (TPSA) is 0 Å². The van der Waals surface area contributed by atoms with Crippen molar-refractivity contribution < 1.29 is 0 Å². The fraction of sp³-hybridized carbons (Fsp3) is 0.471. The van der Waals surface area contributed by atoms with Crippen LogP contribution in [0.1, 0.15) is 93.2 Å². The van der Waals surface area contributed by atoms with Gasteiger partial charge in [0.1, 0.15) is 0 Å². The molecule has 0 saturated carbocycles. The molecular formula is C34H46. The van der Waals surface area contributed by atoms with Crippen molar-refractivity contribution in [3.63, 3.8) is 0 Å². The van der Waals surface area contributed by atoms with Gasteiger partial charge in [-0.15, -0.1) is 0 Å². The van der Waals surface area contributed by atoms with Crippen LogP contribution in [-0.2, 0) is 10.8 Å². The van der Waals surface area contributed by atoms with E-state index in [0.29, 0.717) is 10.8 Å². The van der Waals surface area contributed by atoms with Crippen LogP contribution >= 0.6 is 0 Å². The predicted octanol–water partition coefficient (Wildman–Crippen LogP) is 10.4. The monoisotopic (exact) mass is 454 g/mol. The zero-order valence-corrected chi connectivity index (χ0v) is 23.3. The molecular weight excluding hydrogens is 408 g/mol. The molecule has 0 heterocycles. The van der Waals surface area contributed by atoms with Crippen LogP contribution in [0, 0.1) is 10.8 Å². The van der Waals surface area contributed by atoms with E-state index in [2.05, 4.69) is 142 Å². The maximum Gasteiger partial charge on any atom is -0.00986 e. The lowest BCUT2D eigenvalue weighted by atomic mass is 9.72. The van der Waals surface area contributed by atoms with Crippen LogP contribution in [0.25, 0.3) is 22.3 Å². The molecule has 0 aliphatic carbocycles. The number of rotatable bonds is 6. The zero-order valence-electron chi connectivity index (χ0n) is 23.3. The van der Waals surface area contributed by atoms with Gasteiger partial charge in [0.25, 0.3) is 0 Å². The van der Waals surface area contributed by atoms with Crippen molar-refractivity contribution in [1.82, 2.24) is 0 Å². The third kappa shape index (κ3) is 6.84. The summed E-state index contributed by atoms with van der Waals surface area (Å²) in [5.41, 5.74) is 8.89. The van der Waals surface area contributed by atoms with Gasteiger partial charge in [-0.05, 0) is 73.9 Å². The molecule has 34 heavy (non-hydrogen) atoms. The van der Waals surface area contributed by atoms with Gasteiger partial charge in [-0.3, -0.25) is 0 Å². The normalized spacial score (nSPS) is 13.2. The molecule has 0 aliphatic rings. The molecule has 0 atom stereocenters. The van der Waals surface area contributed by atoms with Crippen molar-refractivity contribution in [1.29, 1.82) is 0 Å². The van der Waals surface area contributed by atoms with Crippen LogP contribution in [-0.4, -0.2) is 0 Å². The summed E-state index contributed by atoms with van der Waals surface area (Å²) >= 11 is 0. The van der Waals surface area contributed by atoms with Crippen LogP contribution in [0.4, 0.5) is 0 Å². The van der Waals surface area contributed by atoms with Crippen molar-refractivity contribution in [2.75, 3.05) is 0 Å². The molecule has 182 valence electrons. The van der Waals surface area contributed by atoms with E-state index in [4.69, 9.17) is 0 Å². The van der Waals surface area contributed by atoms with Crippen LogP contribution in [0.5, 0.6) is 0 Å². The van der Waals surface area contributed by atoms with E-state index in [1.165, 1.54) is 33.4 Å². The lowest BCUT2D eigenvalue weighted by Crippen LogP contribution is -2.24. The Morgan fingerprint density at radius 2 is 0.735 bits per heavy atom. The molecule has 0 N–H and O–H groups in total. The molecule has 0 unspecified atom stereocenters. The van der Waals surface area contributed by atoms with Gasteiger partial charge < -0.3 is 0 Å². The highest BCUT2D eigenvalue weighted by molar-refractivity contribution is 5.73. The fourth-order valence-corrected chi connectivity index (χ4v) is 5.96. The smallest absolute Gasteiger partial charge is 0.00986 e. The summed E-state index contributed by atoms with van der Waals surface area (Å²) < 4.78 is 0. The molecule has 0 bridgehead atoms. The minimum atomic E-state index is 0.168. The Morgan fingerprint density at radius 1 is 0.412 bits per heavy atom. The Kier molecular flexibility index (Phi) is 7.24. The van der Waals surface area contributed by atoms with Gasteiger partial charge in [-0.1, -0.05) is 136 Å². The Hall–Kier alpha value is -2.34. The lowest BCUT2D eigenvalue weighted by Gasteiger charge is -2.33. The molecule has 0 spiro atoms. The number of hydrogen-bond donors (Lipinski definition) is 0. The number of benzene rings is 3. The van der Waals surface area contributed by atoms with Crippen LogP contribution in [0.2, 0.25) is 0 Å². The van der Waals surface area contributed by atoms with Gasteiger partial charge in [-0.2, -0.15) is 0 Å². The van der Waals surface area contributed by atoms with E-state index in [0.717, 1.165) is 12.8 Å². The average Bonchev–Trinajstić information content (AvgIpc) is 2.71. The zero-order chi connectivity index (χ0) is 25.4. The lowest BCUT2D eigenvalue weighted by molar-refractivity contribution is 0.283. The Morgan fingerprint density at radius 3 is 1.03 bits per heavy atom. The molecule has 0 aromatic heterocycles. The summed E-state index contributed by atoms with van der Waals surface area (Å²) in [6.07, 6.45) is 2.33. The van der Waals surface area contributed by atoms with Gasteiger partial charge in [0.05, 0.1) is 0 Å². The third-order valence-corrected chi connectivity index (χ3v) is 6.81. The first-order valence-corrected chi connectivity index (χ1v) is 12.9. The van der Waals surface area contributed by atoms with Crippen molar-refractivity contribution in [3.05, 3.63) is 83.9 Å². The maximum atomic E-state index is 2.36. The molecule has 0 amide bonds. The summed E-state index contributed by atoms with van der Waals surface area (Å²) in [6, 6.07) is 27.4. The summed E-state index contributed by atoms with van der Waals surface area (Å²) in [6.45, 7) is 23.4. The van der Waals surface area contributed by atoms with Crippen molar-refractivity contribution in [2.24, 2.45) is 10.8 Å². The van der Waals surface area contributed by atoms with Crippen LogP contribution < -0.4 is 0 Å². The standard InChI is InChI=1S/C34H46/c1-31(2,3)23-33(7,8)29-18-14-25(15-19-29)27-12-11-13-28(22-27)26-16-20-30(21-17-26)34(9,10)24-32(4,5)6/h11-22H,23-24H2,1-10H3. The summed E-state index contributed by atoms with van der Waals surface area (Å²) in [5, 5.41) is 0. The van der Waals surface area contributed by atoms with Crippen molar-refractivity contribution >= 4 is 0 Å². The quantitative estimate of drug-likeness (QED) is 0.347.